The summed E-state index contributed by atoms with van der Waals surface area (Å²) in [5.41, 5.74) is -0.276. The molecule has 1 N–H and O–H groups in total. The van der Waals surface area contributed by atoms with Gasteiger partial charge in [-0.2, -0.15) is 0 Å². The Morgan fingerprint density at radius 1 is 1.28 bits per heavy atom. The van der Waals surface area contributed by atoms with Gasteiger partial charge in [0.1, 0.15) is 11.4 Å². The molecule has 1 heterocycles. The molecule has 2 rings (SSSR count). The van der Waals surface area contributed by atoms with E-state index in [2.05, 4.69) is 22.2 Å². The van der Waals surface area contributed by atoms with E-state index < -0.39 is 0 Å². The van der Waals surface area contributed by atoms with Crippen LogP contribution in [-0.4, -0.2) is 23.6 Å². The van der Waals surface area contributed by atoms with Gasteiger partial charge in [-0.05, 0) is 25.8 Å². The fraction of sp³-hybridized carbons (Fsp3) is 0.714. The molecule has 1 aromatic heterocycles. The molecule has 0 bridgehead atoms. The third-order valence-corrected chi connectivity index (χ3v) is 3.72. The first-order valence-corrected chi connectivity index (χ1v) is 6.93. The zero-order chi connectivity index (χ0) is 12.8. The van der Waals surface area contributed by atoms with Crippen molar-refractivity contribution in [2.24, 2.45) is 0 Å². The Bertz CT molecular complexity index is 373. The van der Waals surface area contributed by atoms with E-state index in [1.54, 1.807) is 7.11 Å². The Hall–Kier alpha value is -1.16. The Morgan fingerprint density at radius 2 is 2.00 bits per heavy atom. The summed E-state index contributed by atoms with van der Waals surface area (Å²) in [6.07, 6.45) is 8.85. The molecule has 1 aliphatic rings. The van der Waals surface area contributed by atoms with Crippen molar-refractivity contribution in [3.05, 3.63) is 18.1 Å². The summed E-state index contributed by atoms with van der Waals surface area (Å²) in [7, 11) is 1.79. The smallest absolute Gasteiger partial charge is 0.162 e. The summed E-state index contributed by atoms with van der Waals surface area (Å²) in [5, 5.41) is 3.24. The lowest BCUT2D eigenvalue weighted by Crippen LogP contribution is -2.30. The van der Waals surface area contributed by atoms with Gasteiger partial charge >= 0.3 is 0 Å². The molecule has 0 unspecified atom stereocenters. The van der Waals surface area contributed by atoms with Crippen molar-refractivity contribution < 1.29 is 4.74 Å². The number of hydrogen-bond acceptors (Lipinski definition) is 4. The van der Waals surface area contributed by atoms with E-state index in [9.17, 15) is 0 Å². The third kappa shape index (κ3) is 2.80. The Kier molecular flexibility index (Phi) is 4.53. The molecule has 0 amide bonds. The molecule has 4 nitrogen and oxygen atoms in total. The van der Waals surface area contributed by atoms with Gasteiger partial charge in [-0.1, -0.05) is 25.7 Å². The first-order chi connectivity index (χ1) is 8.80. The van der Waals surface area contributed by atoms with E-state index in [0.717, 1.165) is 31.0 Å². The largest absolute Gasteiger partial charge is 0.370 e. The van der Waals surface area contributed by atoms with Crippen molar-refractivity contribution >= 4 is 5.82 Å². The lowest BCUT2D eigenvalue weighted by molar-refractivity contribution is -0.0350. The van der Waals surface area contributed by atoms with Gasteiger partial charge in [-0.15, -0.1) is 0 Å². The normalized spacial score (nSPS) is 19.2. The van der Waals surface area contributed by atoms with E-state index in [4.69, 9.17) is 4.74 Å². The molecule has 1 aliphatic carbocycles. The minimum absolute atomic E-state index is 0.276. The van der Waals surface area contributed by atoms with Gasteiger partial charge in [0.05, 0.1) is 0 Å². The topological polar surface area (TPSA) is 47.0 Å². The summed E-state index contributed by atoms with van der Waals surface area (Å²) >= 11 is 0. The van der Waals surface area contributed by atoms with Crippen LogP contribution in [0.3, 0.4) is 0 Å². The molecule has 0 radical (unpaired) electrons. The highest BCUT2D eigenvalue weighted by atomic mass is 16.5. The fourth-order valence-corrected chi connectivity index (χ4v) is 2.68. The summed E-state index contributed by atoms with van der Waals surface area (Å²) < 4.78 is 5.83. The van der Waals surface area contributed by atoms with Crippen molar-refractivity contribution in [1.29, 1.82) is 0 Å². The number of aromatic nitrogens is 2. The number of nitrogens with zero attached hydrogens (tertiary/aromatic N) is 2. The van der Waals surface area contributed by atoms with Crippen LogP contribution >= 0.6 is 0 Å². The molecule has 0 aromatic carbocycles. The van der Waals surface area contributed by atoms with Gasteiger partial charge in [0.2, 0.25) is 0 Å². The maximum atomic E-state index is 5.83. The molecule has 100 valence electrons. The van der Waals surface area contributed by atoms with Crippen molar-refractivity contribution in [3.8, 4) is 0 Å². The van der Waals surface area contributed by atoms with Crippen LogP contribution in [0.15, 0.2) is 12.3 Å². The number of rotatable bonds is 4. The molecule has 18 heavy (non-hydrogen) atoms. The highest BCUT2D eigenvalue weighted by Crippen LogP contribution is 2.37. The zero-order valence-corrected chi connectivity index (χ0v) is 11.4. The standard InChI is InChI=1S/C14H23N3O/c1-3-15-12-8-11-16-13(17-12)14(18-2)9-6-4-5-7-10-14/h8,11H,3-7,9-10H2,1-2H3,(H,15,16,17). The number of nitrogens with one attached hydrogen (secondary N) is 1. The molecule has 1 fully saturated rings. The van der Waals surface area contributed by atoms with Gasteiger partial charge in [0.25, 0.3) is 0 Å². The van der Waals surface area contributed by atoms with Crippen LogP contribution in [0.1, 0.15) is 51.3 Å². The Balaban J connectivity index is 2.27. The first-order valence-electron chi connectivity index (χ1n) is 6.93. The number of methoxy groups -OCH3 is 1. The summed E-state index contributed by atoms with van der Waals surface area (Å²) in [4.78, 5) is 9.08. The zero-order valence-electron chi connectivity index (χ0n) is 11.4. The van der Waals surface area contributed by atoms with E-state index in [-0.39, 0.29) is 5.60 Å². The monoisotopic (exact) mass is 249 g/mol. The molecule has 4 heteroatoms. The van der Waals surface area contributed by atoms with Crippen LogP contribution in [0.5, 0.6) is 0 Å². The molecular weight excluding hydrogens is 226 g/mol. The average molecular weight is 249 g/mol. The molecule has 0 saturated heterocycles. The second kappa shape index (κ2) is 6.14. The lowest BCUT2D eigenvalue weighted by Gasteiger charge is -2.29. The van der Waals surface area contributed by atoms with E-state index >= 15 is 0 Å². The minimum Gasteiger partial charge on any atom is -0.370 e. The van der Waals surface area contributed by atoms with E-state index in [1.807, 2.05) is 12.3 Å². The van der Waals surface area contributed by atoms with E-state index in [0.29, 0.717) is 0 Å². The minimum atomic E-state index is -0.276. The molecule has 1 aromatic rings. The quantitative estimate of drug-likeness (QED) is 0.833. The number of ether oxygens (including phenoxy) is 1. The molecule has 1 saturated carbocycles. The molecule has 0 spiro atoms. The van der Waals surface area contributed by atoms with Gasteiger partial charge < -0.3 is 10.1 Å². The molecule has 0 aliphatic heterocycles. The van der Waals surface area contributed by atoms with Crippen LogP contribution in [0.25, 0.3) is 0 Å². The highest BCUT2D eigenvalue weighted by molar-refractivity contribution is 5.33. The van der Waals surface area contributed by atoms with Crippen molar-refractivity contribution in [2.75, 3.05) is 19.0 Å². The van der Waals surface area contributed by atoms with Crippen LogP contribution in [0.2, 0.25) is 0 Å². The van der Waals surface area contributed by atoms with Crippen molar-refractivity contribution in [2.45, 2.75) is 51.0 Å². The average Bonchev–Trinajstić information content (AvgIpc) is 2.66. The maximum Gasteiger partial charge on any atom is 0.162 e. The maximum absolute atomic E-state index is 5.83. The van der Waals surface area contributed by atoms with Gasteiger partial charge in [0, 0.05) is 19.9 Å². The van der Waals surface area contributed by atoms with Crippen molar-refractivity contribution in [1.82, 2.24) is 9.97 Å². The van der Waals surface area contributed by atoms with Crippen LogP contribution < -0.4 is 5.32 Å². The van der Waals surface area contributed by atoms with Crippen molar-refractivity contribution in [3.63, 3.8) is 0 Å². The van der Waals surface area contributed by atoms with Gasteiger partial charge in [0.15, 0.2) is 5.82 Å². The second-order valence-corrected chi connectivity index (χ2v) is 4.91. The summed E-state index contributed by atoms with van der Waals surface area (Å²) in [5.74, 6) is 1.73. The second-order valence-electron chi connectivity index (χ2n) is 4.91. The first kappa shape index (κ1) is 13.3. The van der Waals surface area contributed by atoms with Crippen LogP contribution in [-0.2, 0) is 10.3 Å². The summed E-state index contributed by atoms with van der Waals surface area (Å²) in [6, 6.07) is 1.91. The SMILES string of the molecule is CCNc1ccnc(C2(OC)CCCCCC2)n1. The molecule has 0 atom stereocenters. The Labute approximate surface area is 109 Å². The molecular formula is C14H23N3O. The highest BCUT2D eigenvalue weighted by Gasteiger charge is 2.35. The van der Waals surface area contributed by atoms with E-state index in [1.165, 1.54) is 25.7 Å². The predicted octanol–water partition coefficient (Wildman–Crippen LogP) is 3.10. The van der Waals surface area contributed by atoms with Crippen LogP contribution in [0.4, 0.5) is 5.82 Å². The fourth-order valence-electron chi connectivity index (χ4n) is 2.68. The summed E-state index contributed by atoms with van der Waals surface area (Å²) in [6.45, 7) is 2.94. The Morgan fingerprint density at radius 3 is 2.61 bits per heavy atom. The number of hydrogen-bond donors (Lipinski definition) is 1. The van der Waals surface area contributed by atoms with Gasteiger partial charge in [-0.3, -0.25) is 0 Å². The van der Waals surface area contributed by atoms with Gasteiger partial charge in [-0.25, -0.2) is 9.97 Å². The lowest BCUT2D eigenvalue weighted by atomic mass is 9.93. The van der Waals surface area contributed by atoms with Crippen LogP contribution in [0, 0.1) is 0 Å². The predicted molar refractivity (Wildman–Crippen MR) is 72.6 cm³/mol. The number of anilines is 1. The third-order valence-electron chi connectivity index (χ3n) is 3.72.